The quantitative estimate of drug-likeness (QED) is 0.423. The van der Waals surface area contributed by atoms with Crippen molar-refractivity contribution in [3.05, 3.63) is 95.3 Å². The van der Waals surface area contributed by atoms with E-state index in [9.17, 15) is 9.59 Å². The molecule has 0 aliphatic heterocycles. The minimum absolute atomic E-state index is 0.157. The van der Waals surface area contributed by atoms with E-state index in [1.54, 1.807) is 13.8 Å². The topological polar surface area (TPSA) is 52.6 Å². The van der Waals surface area contributed by atoms with Crippen molar-refractivity contribution >= 4 is 11.9 Å². The summed E-state index contributed by atoms with van der Waals surface area (Å²) >= 11 is 0. The molecule has 4 nitrogen and oxygen atoms in total. The second-order valence-corrected chi connectivity index (χ2v) is 5.94. The summed E-state index contributed by atoms with van der Waals surface area (Å²) in [4.78, 5) is 24.3. The Morgan fingerprint density at radius 1 is 0.846 bits per heavy atom. The molecule has 0 N–H and O–H groups in total. The molecular formula is C22H22O4. The second-order valence-electron chi connectivity index (χ2n) is 5.94. The first-order valence-corrected chi connectivity index (χ1v) is 8.29. The summed E-state index contributed by atoms with van der Waals surface area (Å²) in [5.41, 5.74) is 2.34. The minimum Gasteiger partial charge on any atom is -0.457 e. The largest absolute Gasteiger partial charge is 0.457 e. The van der Waals surface area contributed by atoms with Crippen LogP contribution in [0.25, 0.3) is 0 Å². The van der Waals surface area contributed by atoms with Crippen molar-refractivity contribution in [1.29, 1.82) is 0 Å². The SMILES string of the molecule is C=C(C)C(=O)OC(Cc1ccccc1)=C(C)C(=O)OCc1ccccc1. The van der Waals surface area contributed by atoms with Crippen LogP contribution in [0.5, 0.6) is 0 Å². The highest BCUT2D eigenvalue weighted by Gasteiger charge is 2.18. The Morgan fingerprint density at radius 2 is 1.38 bits per heavy atom. The van der Waals surface area contributed by atoms with Crippen molar-refractivity contribution in [3.8, 4) is 0 Å². The minimum atomic E-state index is -0.564. The Bertz CT molecular complexity index is 805. The number of allylic oxidation sites excluding steroid dienone is 1. The molecule has 26 heavy (non-hydrogen) atoms. The lowest BCUT2D eigenvalue weighted by Crippen LogP contribution is -2.14. The van der Waals surface area contributed by atoms with Crippen LogP contribution < -0.4 is 0 Å². The van der Waals surface area contributed by atoms with E-state index in [0.717, 1.165) is 11.1 Å². The highest BCUT2D eigenvalue weighted by Crippen LogP contribution is 2.17. The third kappa shape index (κ3) is 5.74. The highest BCUT2D eigenvalue weighted by molar-refractivity contribution is 5.91. The van der Waals surface area contributed by atoms with Crippen molar-refractivity contribution in [2.45, 2.75) is 26.9 Å². The van der Waals surface area contributed by atoms with Crippen molar-refractivity contribution in [2.24, 2.45) is 0 Å². The number of esters is 2. The fraction of sp³-hybridized carbons (Fsp3) is 0.182. The van der Waals surface area contributed by atoms with Gasteiger partial charge in [0.2, 0.25) is 0 Å². The second kappa shape index (κ2) is 9.37. The Labute approximate surface area is 153 Å². The van der Waals surface area contributed by atoms with Crippen LogP contribution in [0.3, 0.4) is 0 Å². The van der Waals surface area contributed by atoms with E-state index in [4.69, 9.17) is 9.47 Å². The maximum absolute atomic E-state index is 12.4. The van der Waals surface area contributed by atoms with Gasteiger partial charge in [0.15, 0.2) is 0 Å². The maximum Gasteiger partial charge on any atom is 0.338 e. The molecule has 0 aromatic heterocycles. The van der Waals surface area contributed by atoms with E-state index < -0.39 is 11.9 Å². The Balaban J connectivity index is 2.17. The first kappa shape index (κ1) is 19.2. The number of carbonyl (C=O) groups is 2. The number of hydrogen-bond donors (Lipinski definition) is 0. The fourth-order valence-electron chi connectivity index (χ4n) is 2.17. The zero-order valence-corrected chi connectivity index (χ0v) is 15.0. The smallest absolute Gasteiger partial charge is 0.338 e. The summed E-state index contributed by atoms with van der Waals surface area (Å²) in [5.74, 6) is -0.817. The maximum atomic E-state index is 12.4. The third-order valence-electron chi connectivity index (χ3n) is 3.71. The fourth-order valence-corrected chi connectivity index (χ4v) is 2.17. The number of carbonyl (C=O) groups excluding carboxylic acids is 2. The van der Waals surface area contributed by atoms with Crippen molar-refractivity contribution < 1.29 is 19.1 Å². The summed E-state index contributed by atoms with van der Waals surface area (Å²) in [6.07, 6.45) is 0.312. The molecule has 0 saturated carbocycles. The van der Waals surface area contributed by atoms with Crippen LogP contribution in [0.2, 0.25) is 0 Å². The summed E-state index contributed by atoms with van der Waals surface area (Å²) in [7, 11) is 0. The normalized spacial score (nSPS) is 11.3. The average molecular weight is 350 g/mol. The van der Waals surface area contributed by atoms with E-state index in [1.807, 2.05) is 60.7 Å². The molecule has 2 rings (SSSR count). The molecule has 134 valence electrons. The van der Waals surface area contributed by atoms with Crippen molar-refractivity contribution in [1.82, 2.24) is 0 Å². The molecule has 0 bridgehead atoms. The van der Waals surface area contributed by atoms with E-state index in [0.29, 0.717) is 6.42 Å². The molecular weight excluding hydrogens is 328 g/mol. The molecule has 2 aromatic rings. The molecule has 0 heterocycles. The van der Waals surface area contributed by atoms with Gasteiger partial charge >= 0.3 is 11.9 Å². The molecule has 0 aliphatic rings. The molecule has 2 aromatic carbocycles. The van der Waals surface area contributed by atoms with Gasteiger partial charge in [0.25, 0.3) is 0 Å². The number of benzene rings is 2. The highest BCUT2D eigenvalue weighted by atomic mass is 16.5. The predicted molar refractivity (Wildman–Crippen MR) is 100.0 cm³/mol. The van der Waals surface area contributed by atoms with Gasteiger partial charge < -0.3 is 9.47 Å². The molecule has 0 spiro atoms. The van der Waals surface area contributed by atoms with Gasteiger partial charge in [-0.2, -0.15) is 0 Å². The molecule has 0 aliphatic carbocycles. The Hall–Kier alpha value is -3.14. The van der Waals surface area contributed by atoms with E-state index in [1.165, 1.54) is 0 Å². The average Bonchev–Trinajstić information content (AvgIpc) is 2.66. The molecule has 0 unspecified atom stereocenters. The predicted octanol–water partition coefficient (Wildman–Crippen LogP) is 4.37. The molecule has 0 radical (unpaired) electrons. The monoisotopic (exact) mass is 350 g/mol. The van der Waals surface area contributed by atoms with Gasteiger partial charge in [-0.25, -0.2) is 9.59 Å². The van der Waals surface area contributed by atoms with Crippen LogP contribution in [-0.2, 0) is 32.1 Å². The molecule has 0 amide bonds. The van der Waals surface area contributed by atoms with Crippen LogP contribution in [-0.4, -0.2) is 11.9 Å². The lowest BCUT2D eigenvalue weighted by molar-refractivity contribution is -0.140. The molecule has 4 heteroatoms. The molecule has 0 saturated heterocycles. The van der Waals surface area contributed by atoms with Gasteiger partial charge in [-0.1, -0.05) is 67.2 Å². The third-order valence-corrected chi connectivity index (χ3v) is 3.71. The van der Waals surface area contributed by atoms with Gasteiger partial charge in [0.05, 0.1) is 5.57 Å². The summed E-state index contributed by atoms with van der Waals surface area (Å²) < 4.78 is 10.7. The van der Waals surface area contributed by atoms with Crippen molar-refractivity contribution in [2.75, 3.05) is 0 Å². The molecule has 0 fully saturated rings. The van der Waals surface area contributed by atoms with Crippen molar-refractivity contribution in [3.63, 3.8) is 0 Å². The van der Waals surface area contributed by atoms with Crippen LogP contribution in [0.15, 0.2) is 84.1 Å². The number of hydrogen-bond acceptors (Lipinski definition) is 4. The van der Waals surface area contributed by atoms with Gasteiger partial charge in [0.1, 0.15) is 12.4 Å². The van der Waals surface area contributed by atoms with Crippen LogP contribution >= 0.6 is 0 Å². The van der Waals surface area contributed by atoms with E-state index in [2.05, 4.69) is 6.58 Å². The summed E-state index contributed by atoms with van der Waals surface area (Å²) in [6, 6.07) is 18.9. The first-order chi connectivity index (χ1) is 12.5. The zero-order chi connectivity index (χ0) is 18.9. The van der Waals surface area contributed by atoms with Gasteiger partial charge in [-0.05, 0) is 25.0 Å². The van der Waals surface area contributed by atoms with Gasteiger partial charge in [-0.15, -0.1) is 0 Å². The first-order valence-electron chi connectivity index (χ1n) is 8.29. The summed E-state index contributed by atoms with van der Waals surface area (Å²) in [5, 5.41) is 0. The van der Waals surface area contributed by atoms with Crippen LogP contribution in [0.4, 0.5) is 0 Å². The number of ether oxygens (including phenoxy) is 2. The van der Waals surface area contributed by atoms with Gasteiger partial charge in [-0.3, -0.25) is 0 Å². The van der Waals surface area contributed by atoms with Crippen LogP contribution in [0, 0.1) is 0 Å². The molecule has 0 atom stereocenters. The Morgan fingerprint density at radius 3 is 1.92 bits per heavy atom. The number of rotatable bonds is 7. The standard InChI is InChI=1S/C22H22O4/c1-16(2)21(23)26-20(14-18-10-6-4-7-11-18)17(3)22(24)25-15-19-12-8-5-9-13-19/h4-13H,1,14-15H2,2-3H3. The van der Waals surface area contributed by atoms with E-state index >= 15 is 0 Å². The van der Waals surface area contributed by atoms with Gasteiger partial charge in [0, 0.05) is 12.0 Å². The van der Waals surface area contributed by atoms with E-state index in [-0.39, 0.29) is 23.5 Å². The summed E-state index contributed by atoms with van der Waals surface area (Å²) in [6.45, 7) is 6.89. The Kier molecular flexibility index (Phi) is 6.92. The lowest BCUT2D eigenvalue weighted by atomic mass is 10.1. The zero-order valence-electron chi connectivity index (χ0n) is 15.0. The van der Waals surface area contributed by atoms with Crippen LogP contribution in [0.1, 0.15) is 25.0 Å². The lowest BCUT2D eigenvalue weighted by Gasteiger charge is -2.13.